The smallest absolute Gasteiger partial charge is 0.321 e. The first-order chi connectivity index (χ1) is 10.8. The van der Waals surface area contributed by atoms with Crippen LogP contribution >= 0.6 is 0 Å². The van der Waals surface area contributed by atoms with Gasteiger partial charge >= 0.3 is 6.03 Å². The lowest BCUT2D eigenvalue weighted by Crippen LogP contribution is -2.43. The molecule has 114 valence electrons. The molecule has 1 fully saturated rings. The Morgan fingerprint density at radius 2 is 1.91 bits per heavy atom. The van der Waals surface area contributed by atoms with Gasteiger partial charge in [-0.3, -0.25) is 4.98 Å². The largest absolute Gasteiger partial charge is 0.489 e. The molecule has 2 heterocycles. The molecule has 0 spiro atoms. The molecule has 22 heavy (non-hydrogen) atoms. The maximum absolute atomic E-state index is 12.2. The molecule has 0 saturated carbocycles. The van der Waals surface area contributed by atoms with E-state index in [1.54, 1.807) is 12.4 Å². The maximum atomic E-state index is 12.2. The molecule has 0 bridgehead atoms. The number of carbonyl (C=O) groups is 1. The van der Waals surface area contributed by atoms with Crippen molar-refractivity contribution in [2.45, 2.75) is 18.9 Å². The van der Waals surface area contributed by atoms with Crippen molar-refractivity contribution in [2.24, 2.45) is 0 Å². The van der Waals surface area contributed by atoms with Gasteiger partial charge in [0.25, 0.3) is 0 Å². The fourth-order valence-electron chi connectivity index (χ4n) is 2.51. The summed E-state index contributed by atoms with van der Waals surface area (Å²) in [4.78, 5) is 18.1. The van der Waals surface area contributed by atoms with Gasteiger partial charge in [-0.1, -0.05) is 18.2 Å². The van der Waals surface area contributed by atoms with Crippen LogP contribution in [0.5, 0.6) is 5.75 Å². The minimum atomic E-state index is -0.0500. The van der Waals surface area contributed by atoms with E-state index in [9.17, 15) is 4.79 Å². The molecule has 5 nitrogen and oxygen atoms in total. The molecule has 5 heteroatoms. The zero-order valence-electron chi connectivity index (χ0n) is 12.3. The Bertz CT molecular complexity index is 596. The molecule has 1 aliphatic rings. The van der Waals surface area contributed by atoms with Crippen molar-refractivity contribution in [2.75, 3.05) is 18.4 Å². The molecule has 0 radical (unpaired) electrons. The van der Waals surface area contributed by atoms with Crippen LogP contribution in [0.25, 0.3) is 0 Å². The molecule has 1 aliphatic heterocycles. The monoisotopic (exact) mass is 297 g/mol. The number of pyridine rings is 1. The minimum absolute atomic E-state index is 0.0500. The van der Waals surface area contributed by atoms with Gasteiger partial charge < -0.3 is 15.0 Å². The summed E-state index contributed by atoms with van der Waals surface area (Å²) < 4.78 is 5.88. The van der Waals surface area contributed by atoms with E-state index in [-0.39, 0.29) is 12.1 Å². The van der Waals surface area contributed by atoms with Gasteiger partial charge in [0.15, 0.2) is 0 Å². The van der Waals surface area contributed by atoms with Crippen LogP contribution in [-0.2, 0) is 0 Å². The second-order valence-electron chi connectivity index (χ2n) is 5.29. The maximum Gasteiger partial charge on any atom is 0.321 e. The van der Waals surface area contributed by atoms with Crippen LogP contribution in [0.2, 0.25) is 0 Å². The lowest BCUT2D eigenvalue weighted by molar-refractivity contribution is 0.115. The quantitative estimate of drug-likeness (QED) is 0.947. The molecular weight excluding hydrogens is 278 g/mol. The van der Waals surface area contributed by atoms with E-state index in [1.165, 1.54) is 0 Å². The van der Waals surface area contributed by atoms with Crippen LogP contribution in [-0.4, -0.2) is 35.1 Å². The average Bonchev–Trinajstić information content (AvgIpc) is 2.57. The normalized spacial score (nSPS) is 15.4. The van der Waals surface area contributed by atoms with Gasteiger partial charge in [-0.15, -0.1) is 0 Å². The first-order valence-corrected chi connectivity index (χ1v) is 7.49. The van der Waals surface area contributed by atoms with Crippen molar-refractivity contribution < 1.29 is 9.53 Å². The van der Waals surface area contributed by atoms with Gasteiger partial charge in [-0.25, -0.2) is 4.79 Å². The first-order valence-electron chi connectivity index (χ1n) is 7.49. The van der Waals surface area contributed by atoms with E-state index in [0.29, 0.717) is 13.1 Å². The van der Waals surface area contributed by atoms with Crippen LogP contribution in [0, 0.1) is 0 Å². The van der Waals surface area contributed by atoms with Crippen LogP contribution in [0.1, 0.15) is 12.8 Å². The van der Waals surface area contributed by atoms with Gasteiger partial charge in [-0.05, 0) is 24.3 Å². The first kappa shape index (κ1) is 14.4. The Morgan fingerprint density at radius 1 is 1.14 bits per heavy atom. The third-order valence-electron chi connectivity index (χ3n) is 3.69. The number of hydrogen-bond acceptors (Lipinski definition) is 3. The number of ether oxygens (including phenoxy) is 1. The molecule has 2 amide bonds. The number of hydrogen-bond donors (Lipinski definition) is 1. The number of aromatic nitrogens is 1. The number of likely N-dealkylation sites (tertiary alicyclic amines) is 1. The molecule has 1 aromatic carbocycles. The van der Waals surface area contributed by atoms with Crippen molar-refractivity contribution in [3.8, 4) is 5.75 Å². The van der Waals surface area contributed by atoms with E-state index in [1.807, 2.05) is 47.4 Å². The molecule has 0 unspecified atom stereocenters. The fourth-order valence-corrected chi connectivity index (χ4v) is 2.51. The number of anilines is 1. The standard InChI is InChI=1S/C17H19N3O2/c21-17(19-14-5-2-1-3-6-14)20-11-8-15(9-12-20)22-16-7-4-10-18-13-16/h1-7,10,13,15H,8-9,11-12H2,(H,19,21). The summed E-state index contributed by atoms with van der Waals surface area (Å²) in [5.74, 6) is 0.787. The summed E-state index contributed by atoms with van der Waals surface area (Å²) >= 11 is 0. The van der Waals surface area contributed by atoms with Crippen molar-refractivity contribution in [3.05, 3.63) is 54.9 Å². The number of para-hydroxylation sites is 1. The van der Waals surface area contributed by atoms with E-state index < -0.39 is 0 Å². The van der Waals surface area contributed by atoms with Crippen molar-refractivity contribution in [3.63, 3.8) is 0 Å². The highest BCUT2D eigenvalue weighted by atomic mass is 16.5. The van der Waals surface area contributed by atoms with E-state index >= 15 is 0 Å². The van der Waals surface area contributed by atoms with E-state index in [2.05, 4.69) is 10.3 Å². The molecule has 0 atom stereocenters. The summed E-state index contributed by atoms with van der Waals surface area (Å²) in [6, 6.07) is 13.2. The third kappa shape index (κ3) is 3.75. The number of nitrogens with zero attached hydrogens (tertiary/aromatic N) is 2. The third-order valence-corrected chi connectivity index (χ3v) is 3.69. The zero-order valence-corrected chi connectivity index (χ0v) is 12.3. The fraction of sp³-hybridized carbons (Fsp3) is 0.294. The van der Waals surface area contributed by atoms with Crippen LogP contribution < -0.4 is 10.1 Å². The van der Waals surface area contributed by atoms with Crippen molar-refractivity contribution in [1.82, 2.24) is 9.88 Å². The summed E-state index contributed by atoms with van der Waals surface area (Å²) in [5, 5.41) is 2.91. The zero-order chi connectivity index (χ0) is 15.2. The van der Waals surface area contributed by atoms with Gasteiger partial charge in [-0.2, -0.15) is 0 Å². The summed E-state index contributed by atoms with van der Waals surface area (Å²) in [6.07, 6.45) is 5.25. The van der Waals surface area contributed by atoms with Crippen LogP contribution in [0.3, 0.4) is 0 Å². The molecule has 0 aliphatic carbocycles. The number of urea groups is 1. The Kier molecular flexibility index (Phi) is 4.53. The highest BCUT2D eigenvalue weighted by molar-refractivity contribution is 5.89. The Morgan fingerprint density at radius 3 is 2.59 bits per heavy atom. The highest BCUT2D eigenvalue weighted by Crippen LogP contribution is 2.18. The summed E-state index contributed by atoms with van der Waals surface area (Å²) in [5.41, 5.74) is 0.821. The number of carbonyl (C=O) groups excluding carboxylic acids is 1. The Balaban J connectivity index is 1.48. The lowest BCUT2D eigenvalue weighted by Gasteiger charge is -2.32. The number of nitrogens with one attached hydrogen (secondary N) is 1. The number of rotatable bonds is 3. The predicted molar refractivity (Wildman–Crippen MR) is 84.9 cm³/mol. The van der Waals surface area contributed by atoms with Gasteiger partial charge in [0.05, 0.1) is 6.20 Å². The van der Waals surface area contributed by atoms with E-state index in [0.717, 1.165) is 24.3 Å². The number of piperidine rings is 1. The van der Waals surface area contributed by atoms with Gasteiger partial charge in [0, 0.05) is 37.8 Å². The summed E-state index contributed by atoms with van der Waals surface area (Å²) in [7, 11) is 0. The number of amides is 2. The van der Waals surface area contributed by atoms with Crippen molar-refractivity contribution in [1.29, 1.82) is 0 Å². The average molecular weight is 297 g/mol. The molecule has 1 saturated heterocycles. The van der Waals surface area contributed by atoms with Crippen LogP contribution in [0.15, 0.2) is 54.9 Å². The van der Waals surface area contributed by atoms with Crippen LogP contribution in [0.4, 0.5) is 10.5 Å². The highest BCUT2D eigenvalue weighted by Gasteiger charge is 2.23. The topological polar surface area (TPSA) is 54.5 Å². The Labute approximate surface area is 129 Å². The van der Waals surface area contributed by atoms with Crippen molar-refractivity contribution >= 4 is 11.7 Å². The molecule has 3 rings (SSSR count). The van der Waals surface area contributed by atoms with Gasteiger partial charge in [0.1, 0.15) is 11.9 Å². The Hall–Kier alpha value is -2.56. The molecule has 2 aromatic rings. The minimum Gasteiger partial charge on any atom is -0.489 e. The summed E-state index contributed by atoms with van der Waals surface area (Å²) in [6.45, 7) is 1.40. The SMILES string of the molecule is O=C(Nc1ccccc1)N1CCC(Oc2cccnc2)CC1. The van der Waals surface area contributed by atoms with Gasteiger partial charge in [0.2, 0.25) is 0 Å². The second kappa shape index (κ2) is 6.93. The lowest BCUT2D eigenvalue weighted by atomic mass is 10.1. The number of benzene rings is 1. The molecular formula is C17H19N3O2. The molecule has 1 N–H and O–H groups in total. The van der Waals surface area contributed by atoms with E-state index in [4.69, 9.17) is 4.74 Å². The predicted octanol–water partition coefficient (Wildman–Crippen LogP) is 3.16. The second-order valence-corrected chi connectivity index (χ2v) is 5.29. The molecule has 1 aromatic heterocycles.